The molecule has 17 aromatic carbocycles. The summed E-state index contributed by atoms with van der Waals surface area (Å²) >= 11 is 0. The highest BCUT2D eigenvalue weighted by atomic mass is 15.2. The number of hydrogen-bond acceptors (Lipinski definition) is 2. The second-order valence-electron chi connectivity index (χ2n) is 36.1. The monoisotopic (exact) mass is 1450 g/mol. The predicted octanol–water partition coefficient (Wildman–Crippen LogP) is 27.8. The molecule has 0 amide bonds. The van der Waals surface area contributed by atoms with Crippen molar-refractivity contribution in [2.75, 3.05) is 9.80 Å². The molecule has 4 heterocycles. The lowest BCUT2D eigenvalue weighted by atomic mass is 9.33. The van der Waals surface area contributed by atoms with Gasteiger partial charge in [0.1, 0.15) is 0 Å². The topological polar surface area (TPSA) is 16.3 Å². The summed E-state index contributed by atoms with van der Waals surface area (Å²) in [5, 5.41) is 12.7. The molecule has 0 aliphatic carbocycles. The highest BCUT2D eigenvalue weighted by Crippen LogP contribution is 2.57. The quantitative estimate of drug-likeness (QED) is 0.0813. The smallest absolute Gasteiger partial charge is 0.252 e. The Morgan fingerprint density at radius 1 is 0.230 bits per heavy atom. The minimum absolute atomic E-state index is 0.121. The number of hydrogen-bond donors (Lipinski definition) is 0. The Kier molecular flexibility index (Phi) is 15.1. The molecule has 0 saturated carbocycles. The van der Waals surface area contributed by atoms with Crippen molar-refractivity contribution in [2.45, 2.75) is 105 Å². The minimum atomic E-state index is -0.291. The van der Waals surface area contributed by atoms with Gasteiger partial charge in [-0.2, -0.15) is 0 Å². The van der Waals surface area contributed by atoms with Gasteiger partial charge in [-0.05, 0) is 205 Å². The molecule has 2 aliphatic heterocycles. The molecule has 2 aliphatic rings. The molecule has 5 heteroatoms. The summed E-state index contributed by atoms with van der Waals surface area (Å²) in [6.45, 7) is 28.1. The van der Waals surface area contributed by atoms with Gasteiger partial charge in [0.25, 0.3) is 6.71 Å². The third-order valence-corrected chi connectivity index (χ3v) is 24.9. The van der Waals surface area contributed by atoms with E-state index < -0.39 is 0 Å². The summed E-state index contributed by atoms with van der Waals surface area (Å²) < 4.78 is 5.18. The van der Waals surface area contributed by atoms with Crippen LogP contribution in [0.5, 0.6) is 0 Å². The van der Waals surface area contributed by atoms with Crippen LogP contribution in [0.1, 0.15) is 105 Å². The van der Waals surface area contributed by atoms with Gasteiger partial charge in [0.05, 0.1) is 39.1 Å². The Morgan fingerprint density at radius 3 is 1.00 bits per heavy atom. The fourth-order valence-electron chi connectivity index (χ4n) is 19.2. The first-order valence-corrected chi connectivity index (χ1v) is 40.3. The van der Waals surface area contributed by atoms with E-state index in [9.17, 15) is 0 Å². The van der Waals surface area contributed by atoms with Crippen LogP contribution in [0.3, 0.4) is 0 Å². The zero-order valence-corrected chi connectivity index (χ0v) is 66.5. The van der Waals surface area contributed by atoms with Crippen molar-refractivity contribution in [1.29, 1.82) is 0 Å². The van der Waals surface area contributed by atoms with Crippen LogP contribution in [0.15, 0.2) is 322 Å². The first kappa shape index (κ1) is 68.3. The van der Waals surface area contributed by atoms with Crippen molar-refractivity contribution in [2.24, 2.45) is 0 Å². The molecular weight excluding hydrogens is 1360 g/mol. The Balaban J connectivity index is 0.993. The van der Waals surface area contributed by atoms with Crippen LogP contribution in [0, 0.1) is 0 Å². The van der Waals surface area contributed by atoms with Gasteiger partial charge in [0.15, 0.2) is 0 Å². The van der Waals surface area contributed by atoms with Crippen molar-refractivity contribution in [3.63, 3.8) is 0 Å². The summed E-state index contributed by atoms with van der Waals surface area (Å²) in [6.07, 6.45) is 0. The maximum atomic E-state index is 2.77. The number of anilines is 6. The Labute approximate surface area is 663 Å². The molecule has 113 heavy (non-hydrogen) atoms. The molecule has 19 aromatic rings. The molecule has 4 nitrogen and oxygen atoms in total. The van der Waals surface area contributed by atoms with E-state index in [1.165, 1.54) is 115 Å². The number of rotatable bonds is 9. The van der Waals surface area contributed by atoms with E-state index >= 15 is 0 Å². The van der Waals surface area contributed by atoms with Crippen molar-refractivity contribution in [3.05, 3.63) is 344 Å². The zero-order valence-electron chi connectivity index (χ0n) is 66.5. The summed E-state index contributed by atoms with van der Waals surface area (Å²) in [6, 6.07) is 124. The molecule has 0 bridgehead atoms. The molecule has 0 saturated heterocycles. The molecular formula is C108H89BN4. The van der Waals surface area contributed by atoms with Gasteiger partial charge in [0.2, 0.25) is 0 Å². The van der Waals surface area contributed by atoms with Gasteiger partial charge in [-0.25, -0.2) is 0 Å². The Morgan fingerprint density at radius 2 is 0.584 bits per heavy atom. The molecule has 0 N–H and O–H groups in total. The first-order valence-electron chi connectivity index (χ1n) is 40.3. The second-order valence-corrected chi connectivity index (χ2v) is 36.1. The maximum absolute atomic E-state index is 2.77. The number of fused-ring (bicyclic) bond motifs is 8. The van der Waals surface area contributed by atoms with Gasteiger partial charge in [0, 0.05) is 72.2 Å². The van der Waals surface area contributed by atoms with E-state index in [4.69, 9.17) is 0 Å². The Hall–Kier alpha value is -12.7. The van der Waals surface area contributed by atoms with Crippen LogP contribution >= 0.6 is 0 Å². The highest BCUT2D eigenvalue weighted by Gasteiger charge is 2.47. The van der Waals surface area contributed by atoms with E-state index in [0.29, 0.717) is 0 Å². The van der Waals surface area contributed by atoms with Crippen molar-refractivity contribution >= 4 is 133 Å². The SMILES string of the molecule is CC(C)(C)c1cc(-c2ccc3c(c2)N(c2c(-c4ccccc4)cc(C(C)(C)C)cc2-c2ccccc2)c2cc(-n4c5ccc6cccc7c8cccc9ccc4c(c98)c5c67)cc4c2B3c2ccc(-n3c5ccccc5c5ccccc53)cc2N4c2c(-c3ccccc3)cc(C(C)(C)C)cc2-c2ccccc2)cc(C(C)(C)C)c1. The third kappa shape index (κ3) is 10.6. The van der Waals surface area contributed by atoms with Crippen molar-refractivity contribution in [3.8, 4) is 67.0 Å². The number of nitrogens with zero attached hydrogens (tertiary/aromatic N) is 4. The fourth-order valence-corrected chi connectivity index (χ4v) is 19.2. The largest absolute Gasteiger partial charge is 0.310 e. The van der Waals surface area contributed by atoms with Crippen LogP contribution < -0.4 is 26.2 Å². The second kappa shape index (κ2) is 24.9. The van der Waals surface area contributed by atoms with Gasteiger partial charge < -0.3 is 18.9 Å². The predicted molar refractivity (Wildman–Crippen MR) is 486 cm³/mol. The average molecular weight is 1450 g/mol. The van der Waals surface area contributed by atoms with Crippen LogP contribution in [-0.2, 0) is 21.7 Å². The molecule has 21 rings (SSSR count). The minimum Gasteiger partial charge on any atom is -0.310 e. The van der Waals surface area contributed by atoms with Crippen molar-refractivity contribution in [1.82, 2.24) is 9.13 Å². The lowest BCUT2D eigenvalue weighted by Gasteiger charge is -2.46. The highest BCUT2D eigenvalue weighted by molar-refractivity contribution is 7.00. The lowest BCUT2D eigenvalue weighted by molar-refractivity contribution is 0.569. The number of benzene rings is 17. The van der Waals surface area contributed by atoms with Crippen LogP contribution in [-0.4, -0.2) is 15.8 Å². The van der Waals surface area contributed by atoms with E-state index in [1.54, 1.807) is 0 Å². The van der Waals surface area contributed by atoms with E-state index in [0.717, 1.165) is 101 Å². The third-order valence-electron chi connectivity index (χ3n) is 24.9. The molecule has 0 radical (unpaired) electrons. The van der Waals surface area contributed by atoms with Gasteiger partial charge in [-0.3, -0.25) is 0 Å². The van der Waals surface area contributed by atoms with Gasteiger partial charge in [-0.15, -0.1) is 0 Å². The molecule has 0 fully saturated rings. The summed E-state index contributed by atoms with van der Waals surface area (Å²) in [5.74, 6) is 0. The Bertz CT molecular complexity index is 6760. The van der Waals surface area contributed by atoms with Gasteiger partial charge >= 0.3 is 0 Å². The summed E-state index contributed by atoms with van der Waals surface area (Å²) in [5.41, 5.74) is 33.3. The summed E-state index contributed by atoms with van der Waals surface area (Å²) in [4.78, 5) is 5.53. The normalized spacial score (nSPS) is 13.3. The molecule has 2 aromatic heterocycles. The molecule has 0 unspecified atom stereocenters. The zero-order chi connectivity index (χ0) is 76.9. The maximum Gasteiger partial charge on any atom is 0.252 e. The van der Waals surface area contributed by atoms with E-state index in [1.807, 2.05) is 0 Å². The molecule has 0 atom stereocenters. The van der Waals surface area contributed by atoms with Crippen LogP contribution in [0.25, 0.3) is 143 Å². The van der Waals surface area contributed by atoms with E-state index in [2.05, 4.69) is 424 Å². The van der Waals surface area contributed by atoms with Crippen LogP contribution in [0.4, 0.5) is 34.1 Å². The standard InChI is InChI=1S/C108H89BN4/c1-105(2,3)74-55-73(56-75(58-74)106(4,5)6)72-47-51-88-94(57-72)112(103-84(66-31-17-13-18-32-66)59-76(107(7,8)9)60-85(103)67-33-19-14-20-34-67)96-64-79(111-92-53-48-70-39-29-43-82-83-44-30-40-71-49-54-93(111)101(99(71)83)100(92)98(70)82)65-97-102(96)109(88)89-52-50-78(110-90-45-27-25-41-80(90)81-42-26-28-46-91(81)110)63-95(89)113(97)104-86(68-35-21-15-22-36-68)61-77(108(10,11)12)62-87(104)69-37-23-16-24-38-69/h13-65H,1-12H3. The van der Waals surface area contributed by atoms with Crippen molar-refractivity contribution < 1.29 is 0 Å². The summed E-state index contributed by atoms with van der Waals surface area (Å²) in [7, 11) is 0. The van der Waals surface area contributed by atoms with Gasteiger partial charge in [-0.1, -0.05) is 326 Å². The van der Waals surface area contributed by atoms with Crippen LogP contribution in [0.2, 0.25) is 0 Å². The van der Waals surface area contributed by atoms with E-state index in [-0.39, 0.29) is 28.4 Å². The number of para-hydroxylation sites is 2. The first-order chi connectivity index (χ1) is 54.6. The number of aromatic nitrogens is 2. The average Bonchev–Trinajstić information content (AvgIpc) is 1.74. The fraction of sp³-hybridized carbons (Fsp3) is 0.148. The molecule has 0 spiro atoms. The molecule has 544 valence electrons. The lowest BCUT2D eigenvalue weighted by Crippen LogP contribution is -2.61.